The van der Waals surface area contributed by atoms with Crippen LogP contribution in [0.25, 0.3) is 0 Å². The molecule has 1 heterocycles. The lowest BCUT2D eigenvalue weighted by molar-refractivity contribution is -0.0613. The predicted octanol–water partition coefficient (Wildman–Crippen LogP) is 0.120. The van der Waals surface area contributed by atoms with E-state index in [0.717, 1.165) is 19.7 Å². The number of hydrogen-bond donors (Lipinski definition) is 1. The van der Waals surface area contributed by atoms with Gasteiger partial charge in [0.05, 0.1) is 38.1 Å². The first-order chi connectivity index (χ1) is 8.11. The third kappa shape index (κ3) is 6.33. The van der Waals surface area contributed by atoms with Crippen molar-refractivity contribution in [3.63, 3.8) is 0 Å². The molecule has 1 aliphatic heterocycles. The standard InChI is InChI=1S/C12H25NO4/c1-10-6-13(4-5-16-10)7-12(14)9-17-11(2)8-15-3/h10-12,14H,4-9H2,1-3H3. The molecule has 0 aromatic heterocycles. The highest BCUT2D eigenvalue weighted by atomic mass is 16.5. The van der Waals surface area contributed by atoms with E-state index in [4.69, 9.17) is 14.2 Å². The third-order valence-corrected chi connectivity index (χ3v) is 2.77. The van der Waals surface area contributed by atoms with Crippen LogP contribution in [0.4, 0.5) is 0 Å². The fourth-order valence-corrected chi connectivity index (χ4v) is 1.97. The second-order valence-corrected chi connectivity index (χ2v) is 4.69. The average molecular weight is 247 g/mol. The summed E-state index contributed by atoms with van der Waals surface area (Å²) in [5.41, 5.74) is 0. The predicted molar refractivity (Wildman–Crippen MR) is 65.2 cm³/mol. The van der Waals surface area contributed by atoms with Crippen molar-refractivity contribution in [3.05, 3.63) is 0 Å². The number of nitrogens with zero attached hydrogens (tertiary/aromatic N) is 1. The molecule has 5 nitrogen and oxygen atoms in total. The van der Waals surface area contributed by atoms with Crippen LogP contribution in [0.2, 0.25) is 0 Å². The molecule has 0 saturated carbocycles. The molecule has 1 rings (SSSR count). The highest BCUT2D eigenvalue weighted by molar-refractivity contribution is 4.71. The van der Waals surface area contributed by atoms with E-state index in [-0.39, 0.29) is 12.2 Å². The van der Waals surface area contributed by atoms with Crippen molar-refractivity contribution >= 4 is 0 Å². The first kappa shape index (κ1) is 14.9. The molecule has 0 spiro atoms. The van der Waals surface area contributed by atoms with Gasteiger partial charge >= 0.3 is 0 Å². The zero-order valence-corrected chi connectivity index (χ0v) is 11.1. The van der Waals surface area contributed by atoms with Crippen LogP contribution in [0.3, 0.4) is 0 Å². The fourth-order valence-electron chi connectivity index (χ4n) is 1.97. The molecule has 17 heavy (non-hydrogen) atoms. The molecule has 1 fully saturated rings. The third-order valence-electron chi connectivity index (χ3n) is 2.77. The maximum Gasteiger partial charge on any atom is 0.0900 e. The zero-order chi connectivity index (χ0) is 12.7. The summed E-state index contributed by atoms with van der Waals surface area (Å²) in [6.07, 6.45) is -0.165. The second kappa shape index (κ2) is 8.00. The van der Waals surface area contributed by atoms with Crippen LogP contribution < -0.4 is 0 Å². The number of β-amino-alcohol motifs (C(OH)–C–C–N with tert-alkyl or cyclic N) is 1. The lowest BCUT2D eigenvalue weighted by Crippen LogP contribution is -2.45. The van der Waals surface area contributed by atoms with Gasteiger partial charge in [-0.3, -0.25) is 4.90 Å². The number of methoxy groups -OCH3 is 1. The lowest BCUT2D eigenvalue weighted by atomic mass is 10.2. The molecule has 0 aromatic carbocycles. The normalized spacial score (nSPS) is 25.8. The van der Waals surface area contributed by atoms with Gasteiger partial charge in [0.15, 0.2) is 0 Å². The van der Waals surface area contributed by atoms with Gasteiger partial charge < -0.3 is 19.3 Å². The maximum atomic E-state index is 9.86. The summed E-state index contributed by atoms with van der Waals surface area (Å²) >= 11 is 0. The van der Waals surface area contributed by atoms with Gasteiger partial charge in [-0.25, -0.2) is 0 Å². The summed E-state index contributed by atoms with van der Waals surface area (Å²) in [5.74, 6) is 0. The largest absolute Gasteiger partial charge is 0.389 e. The molecule has 1 N–H and O–H groups in total. The SMILES string of the molecule is COCC(C)OCC(O)CN1CCOC(C)C1. The number of aliphatic hydroxyl groups is 1. The molecule has 102 valence electrons. The van der Waals surface area contributed by atoms with Gasteiger partial charge in [0.2, 0.25) is 0 Å². The van der Waals surface area contributed by atoms with E-state index in [1.807, 2.05) is 6.92 Å². The van der Waals surface area contributed by atoms with E-state index in [0.29, 0.717) is 19.8 Å². The molecule has 0 aromatic rings. The maximum absolute atomic E-state index is 9.86. The Morgan fingerprint density at radius 2 is 2.24 bits per heavy atom. The summed E-state index contributed by atoms with van der Waals surface area (Å²) in [6.45, 7) is 8.06. The number of ether oxygens (including phenoxy) is 3. The molecule has 0 aliphatic carbocycles. The monoisotopic (exact) mass is 247 g/mol. The number of hydrogen-bond acceptors (Lipinski definition) is 5. The Hall–Kier alpha value is -0.200. The second-order valence-electron chi connectivity index (χ2n) is 4.69. The van der Waals surface area contributed by atoms with Crippen molar-refractivity contribution in [3.8, 4) is 0 Å². The summed E-state index contributed by atoms with van der Waals surface area (Å²) in [7, 11) is 1.64. The Bertz CT molecular complexity index is 203. The molecule has 0 amide bonds. The van der Waals surface area contributed by atoms with Crippen molar-refractivity contribution in [1.82, 2.24) is 4.90 Å². The van der Waals surface area contributed by atoms with Gasteiger partial charge in [0.25, 0.3) is 0 Å². The molecular formula is C12H25NO4. The van der Waals surface area contributed by atoms with Crippen LogP contribution in [0.15, 0.2) is 0 Å². The van der Waals surface area contributed by atoms with Crippen LogP contribution in [-0.2, 0) is 14.2 Å². The Balaban J connectivity index is 2.13. The summed E-state index contributed by atoms with van der Waals surface area (Å²) in [5, 5.41) is 9.86. The van der Waals surface area contributed by atoms with Crippen LogP contribution in [0.1, 0.15) is 13.8 Å². The Kier molecular flexibility index (Phi) is 6.99. The first-order valence-corrected chi connectivity index (χ1v) is 6.24. The van der Waals surface area contributed by atoms with E-state index < -0.39 is 6.10 Å². The molecule has 1 aliphatic rings. The molecule has 0 bridgehead atoms. The minimum Gasteiger partial charge on any atom is -0.389 e. The van der Waals surface area contributed by atoms with Crippen LogP contribution in [0, 0.1) is 0 Å². The van der Waals surface area contributed by atoms with Crippen LogP contribution >= 0.6 is 0 Å². The summed E-state index contributed by atoms with van der Waals surface area (Å²) in [6, 6.07) is 0. The lowest BCUT2D eigenvalue weighted by Gasteiger charge is -2.32. The van der Waals surface area contributed by atoms with Gasteiger partial charge in [-0.2, -0.15) is 0 Å². The average Bonchev–Trinajstić information content (AvgIpc) is 2.27. The van der Waals surface area contributed by atoms with Crippen molar-refractivity contribution in [2.75, 3.05) is 46.6 Å². The molecule has 3 unspecified atom stereocenters. The topological polar surface area (TPSA) is 51.2 Å². The Morgan fingerprint density at radius 3 is 2.88 bits per heavy atom. The molecule has 3 atom stereocenters. The van der Waals surface area contributed by atoms with Crippen molar-refractivity contribution in [2.24, 2.45) is 0 Å². The Morgan fingerprint density at radius 1 is 1.47 bits per heavy atom. The van der Waals surface area contributed by atoms with Crippen LogP contribution in [0.5, 0.6) is 0 Å². The number of rotatable bonds is 7. The van der Waals surface area contributed by atoms with E-state index in [1.165, 1.54) is 0 Å². The summed E-state index contributed by atoms with van der Waals surface area (Å²) in [4.78, 5) is 2.21. The minimum absolute atomic E-state index is 0.0262. The number of morpholine rings is 1. The van der Waals surface area contributed by atoms with E-state index in [1.54, 1.807) is 7.11 Å². The highest BCUT2D eigenvalue weighted by Gasteiger charge is 2.19. The zero-order valence-electron chi connectivity index (χ0n) is 11.1. The van der Waals surface area contributed by atoms with E-state index in [2.05, 4.69) is 11.8 Å². The van der Waals surface area contributed by atoms with E-state index in [9.17, 15) is 5.11 Å². The Labute approximate surface area is 104 Å². The molecule has 5 heteroatoms. The smallest absolute Gasteiger partial charge is 0.0900 e. The molecule has 1 saturated heterocycles. The minimum atomic E-state index is -0.445. The fraction of sp³-hybridized carbons (Fsp3) is 1.00. The quantitative estimate of drug-likeness (QED) is 0.692. The van der Waals surface area contributed by atoms with Gasteiger partial charge in [-0.05, 0) is 13.8 Å². The van der Waals surface area contributed by atoms with Crippen molar-refractivity contribution < 1.29 is 19.3 Å². The highest BCUT2D eigenvalue weighted by Crippen LogP contribution is 2.05. The van der Waals surface area contributed by atoms with Crippen molar-refractivity contribution in [2.45, 2.75) is 32.2 Å². The van der Waals surface area contributed by atoms with Gasteiger partial charge in [-0.1, -0.05) is 0 Å². The summed E-state index contributed by atoms with van der Waals surface area (Å²) < 4.78 is 15.9. The van der Waals surface area contributed by atoms with E-state index >= 15 is 0 Å². The van der Waals surface area contributed by atoms with Gasteiger partial charge in [0, 0.05) is 26.7 Å². The molecular weight excluding hydrogens is 222 g/mol. The van der Waals surface area contributed by atoms with Crippen molar-refractivity contribution in [1.29, 1.82) is 0 Å². The van der Waals surface area contributed by atoms with Crippen LogP contribution in [-0.4, -0.2) is 74.9 Å². The van der Waals surface area contributed by atoms with Gasteiger partial charge in [-0.15, -0.1) is 0 Å². The first-order valence-electron chi connectivity index (χ1n) is 6.24. The molecule has 0 radical (unpaired) electrons. The van der Waals surface area contributed by atoms with Gasteiger partial charge in [0.1, 0.15) is 0 Å². The number of aliphatic hydroxyl groups excluding tert-OH is 1.